The van der Waals surface area contributed by atoms with Crippen molar-refractivity contribution in [2.45, 2.75) is 26.1 Å². The van der Waals surface area contributed by atoms with Gasteiger partial charge in [0.25, 0.3) is 5.56 Å². The molecule has 0 atom stereocenters. The first-order chi connectivity index (χ1) is 16.9. The number of methoxy groups -OCH3 is 1. The zero-order valence-corrected chi connectivity index (χ0v) is 19.1. The molecule has 35 heavy (non-hydrogen) atoms. The lowest BCUT2D eigenvalue weighted by atomic mass is 10.1. The van der Waals surface area contributed by atoms with Gasteiger partial charge >= 0.3 is 5.97 Å². The van der Waals surface area contributed by atoms with Crippen molar-refractivity contribution >= 4 is 22.7 Å². The molecule has 0 saturated heterocycles. The van der Waals surface area contributed by atoms with Gasteiger partial charge in [0.15, 0.2) is 11.6 Å². The number of aromatic amines is 1. The number of aryl methyl sites for hydroxylation is 1. The van der Waals surface area contributed by atoms with Gasteiger partial charge in [0.05, 0.1) is 36.8 Å². The number of fused-ring (bicyclic) bond motifs is 1. The van der Waals surface area contributed by atoms with Crippen LogP contribution >= 0.6 is 0 Å². The van der Waals surface area contributed by atoms with E-state index in [-0.39, 0.29) is 36.8 Å². The largest absolute Gasteiger partial charge is 0.497 e. The number of aromatic nitrogens is 2. The van der Waals surface area contributed by atoms with Gasteiger partial charge in [-0.3, -0.25) is 9.59 Å². The summed E-state index contributed by atoms with van der Waals surface area (Å²) >= 11 is 0. The van der Waals surface area contributed by atoms with Crippen molar-refractivity contribution in [2.75, 3.05) is 7.11 Å². The summed E-state index contributed by atoms with van der Waals surface area (Å²) < 4.78 is 11.0. The van der Waals surface area contributed by atoms with Crippen LogP contribution in [0.3, 0.4) is 0 Å². The number of benzene rings is 3. The molecule has 8 heteroatoms. The van der Waals surface area contributed by atoms with E-state index in [0.717, 1.165) is 16.9 Å². The van der Waals surface area contributed by atoms with E-state index >= 15 is 0 Å². The maximum Gasteiger partial charge on any atom is 0.335 e. The Balaban J connectivity index is 1.45. The molecule has 178 valence electrons. The van der Waals surface area contributed by atoms with E-state index < -0.39 is 11.5 Å². The number of rotatable bonds is 10. The normalized spacial score (nSPS) is 10.9. The Hall–Kier alpha value is -4.30. The maximum atomic E-state index is 12.8. The molecule has 0 spiro atoms. The minimum absolute atomic E-state index is 0.0296. The fourth-order valence-electron chi connectivity index (χ4n) is 3.74. The van der Waals surface area contributed by atoms with E-state index in [1.807, 2.05) is 24.3 Å². The number of nitrogens with zero attached hydrogens (tertiary/aromatic N) is 1. The smallest absolute Gasteiger partial charge is 0.335 e. The Bertz CT molecular complexity index is 1430. The summed E-state index contributed by atoms with van der Waals surface area (Å²) in [6.07, 6.45) is 0.699. The second-order valence-corrected chi connectivity index (χ2v) is 8.00. The summed E-state index contributed by atoms with van der Waals surface area (Å²) in [6.45, 7) is 0.411. The number of ether oxygens (including phenoxy) is 2. The lowest BCUT2D eigenvalue weighted by molar-refractivity contribution is 0.0696. The molecule has 0 amide bonds. The van der Waals surface area contributed by atoms with Gasteiger partial charge in [0.1, 0.15) is 5.75 Å². The number of hydrogen-bond acceptors (Lipinski definition) is 6. The molecule has 1 heterocycles. The van der Waals surface area contributed by atoms with Crippen LogP contribution in [0.5, 0.6) is 5.75 Å². The highest BCUT2D eigenvalue weighted by atomic mass is 16.5. The number of ketones is 1. The molecule has 3 aromatic carbocycles. The predicted octanol–water partition coefficient (Wildman–Crippen LogP) is 4.16. The van der Waals surface area contributed by atoms with E-state index in [0.29, 0.717) is 22.9 Å². The number of H-pyrrole nitrogens is 1. The van der Waals surface area contributed by atoms with Crippen LogP contribution in [0.25, 0.3) is 10.9 Å². The highest BCUT2D eigenvalue weighted by Gasteiger charge is 2.14. The van der Waals surface area contributed by atoms with Crippen LogP contribution in [0.4, 0.5) is 0 Å². The Labute approximate surface area is 201 Å². The first-order valence-electron chi connectivity index (χ1n) is 11.0. The van der Waals surface area contributed by atoms with Crippen molar-refractivity contribution in [3.63, 3.8) is 0 Å². The monoisotopic (exact) mass is 472 g/mol. The Morgan fingerprint density at radius 2 is 1.74 bits per heavy atom. The standard InChI is InChI=1S/C27H24N2O6/c1-34-21-6-2-4-17(14-21)10-13-23(30)25-28-22-7-3-5-20(24(22)26(31)29-25)16-35-15-18-8-11-19(12-9-18)27(32)33/h2-9,11-12,14H,10,13,15-16H2,1H3,(H,32,33)(H,28,29,31). The highest BCUT2D eigenvalue weighted by molar-refractivity contribution is 5.94. The number of carbonyl (C=O) groups excluding carboxylic acids is 1. The molecule has 0 aliphatic carbocycles. The Morgan fingerprint density at radius 3 is 2.49 bits per heavy atom. The van der Waals surface area contributed by atoms with Gasteiger partial charge < -0.3 is 19.6 Å². The van der Waals surface area contributed by atoms with E-state index in [4.69, 9.17) is 14.6 Å². The van der Waals surface area contributed by atoms with Crippen LogP contribution < -0.4 is 10.3 Å². The van der Waals surface area contributed by atoms with Crippen molar-refractivity contribution in [1.29, 1.82) is 0 Å². The molecule has 0 aliphatic rings. The van der Waals surface area contributed by atoms with Crippen LogP contribution in [-0.2, 0) is 24.4 Å². The first-order valence-corrected chi connectivity index (χ1v) is 11.0. The number of Topliss-reactive ketones (excluding diaryl/α,β-unsaturated/α-hetero) is 1. The van der Waals surface area contributed by atoms with E-state index in [1.54, 1.807) is 37.4 Å². The van der Waals surface area contributed by atoms with Crippen molar-refractivity contribution in [3.8, 4) is 5.75 Å². The number of carboxylic acids is 1. The molecule has 0 radical (unpaired) electrons. The number of aromatic carboxylic acids is 1. The summed E-state index contributed by atoms with van der Waals surface area (Å²) in [6, 6.07) is 19.1. The van der Waals surface area contributed by atoms with Gasteiger partial charge in [0, 0.05) is 6.42 Å². The third-order valence-electron chi connectivity index (χ3n) is 5.59. The minimum Gasteiger partial charge on any atom is -0.497 e. The lowest BCUT2D eigenvalue weighted by Crippen LogP contribution is -2.17. The van der Waals surface area contributed by atoms with Crippen LogP contribution in [0.15, 0.2) is 71.5 Å². The van der Waals surface area contributed by atoms with Crippen molar-refractivity contribution < 1.29 is 24.2 Å². The topological polar surface area (TPSA) is 119 Å². The fourth-order valence-corrected chi connectivity index (χ4v) is 3.74. The van der Waals surface area contributed by atoms with Crippen LogP contribution in [0.2, 0.25) is 0 Å². The fraction of sp³-hybridized carbons (Fsp3) is 0.185. The zero-order valence-electron chi connectivity index (χ0n) is 19.1. The van der Waals surface area contributed by atoms with Gasteiger partial charge in [-0.15, -0.1) is 0 Å². The molecular formula is C27H24N2O6. The molecule has 0 saturated carbocycles. The van der Waals surface area contributed by atoms with Crippen molar-refractivity contribution in [2.24, 2.45) is 0 Å². The zero-order chi connectivity index (χ0) is 24.8. The highest BCUT2D eigenvalue weighted by Crippen LogP contribution is 2.17. The number of nitrogens with one attached hydrogen (secondary N) is 1. The first kappa shape index (κ1) is 23.8. The third kappa shape index (κ3) is 5.80. The molecule has 0 fully saturated rings. The van der Waals surface area contributed by atoms with Gasteiger partial charge in [-0.25, -0.2) is 9.78 Å². The Kier molecular flexibility index (Phi) is 7.32. The molecule has 0 unspecified atom stereocenters. The molecule has 4 aromatic rings. The van der Waals surface area contributed by atoms with Crippen LogP contribution in [-0.4, -0.2) is 33.9 Å². The minimum atomic E-state index is -0.988. The predicted molar refractivity (Wildman–Crippen MR) is 130 cm³/mol. The molecular weight excluding hydrogens is 448 g/mol. The SMILES string of the molecule is COc1cccc(CCC(=O)c2nc3cccc(COCc4ccc(C(=O)O)cc4)c3c(=O)[nH]2)c1. The summed E-state index contributed by atoms with van der Waals surface area (Å²) in [7, 11) is 1.59. The molecule has 2 N–H and O–H groups in total. The maximum absolute atomic E-state index is 12.8. The van der Waals surface area contributed by atoms with E-state index in [2.05, 4.69) is 9.97 Å². The van der Waals surface area contributed by atoms with Crippen LogP contribution in [0, 0.1) is 0 Å². The number of carbonyl (C=O) groups is 2. The number of carboxylic acid groups (broad SMARTS) is 1. The van der Waals surface area contributed by atoms with E-state index in [1.165, 1.54) is 12.1 Å². The second kappa shape index (κ2) is 10.8. The average molecular weight is 472 g/mol. The summed E-state index contributed by atoms with van der Waals surface area (Å²) in [5, 5.41) is 9.36. The molecule has 1 aromatic heterocycles. The third-order valence-corrected chi connectivity index (χ3v) is 5.59. The molecule has 4 rings (SSSR count). The average Bonchev–Trinajstić information content (AvgIpc) is 2.87. The van der Waals surface area contributed by atoms with Crippen LogP contribution in [0.1, 0.15) is 44.1 Å². The summed E-state index contributed by atoms with van der Waals surface area (Å²) in [4.78, 5) is 43.5. The second-order valence-electron chi connectivity index (χ2n) is 8.00. The number of hydrogen-bond donors (Lipinski definition) is 2. The summed E-state index contributed by atoms with van der Waals surface area (Å²) in [5.74, 6) is -0.488. The molecule has 0 bridgehead atoms. The van der Waals surface area contributed by atoms with Crippen molar-refractivity contribution in [3.05, 3.63) is 105 Å². The molecule has 8 nitrogen and oxygen atoms in total. The van der Waals surface area contributed by atoms with Crippen molar-refractivity contribution in [1.82, 2.24) is 9.97 Å². The van der Waals surface area contributed by atoms with Gasteiger partial charge in [0.2, 0.25) is 0 Å². The quantitative estimate of drug-likeness (QED) is 0.333. The van der Waals surface area contributed by atoms with Gasteiger partial charge in [-0.05, 0) is 53.4 Å². The molecule has 0 aliphatic heterocycles. The Morgan fingerprint density at radius 1 is 0.971 bits per heavy atom. The van der Waals surface area contributed by atoms with Gasteiger partial charge in [-0.2, -0.15) is 0 Å². The lowest BCUT2D eigenvalue weighted by Gasteiger charge is -2.09. The summed E-state index contributed by atoms with van der Waals surface area (Å²) in [5.41, 5.74) is 2.64. The van der Waals surface area contributed by atoms with Gasteiger partial charge in [-0.1, -0.05) is 36.4 Å². The van der Waals surface area contributed by atoms with E-state index in [9.17, 15) is 14.4 Å².